The quantitative estimate of drug-likeness (QED) is 0.858. The number of aryl methyl sites for hydroxylation is 1. The number of carbonyl (C=O) groups excluding carboxylic acids is 1. The Kier molecular flexibility index (Phi) is 5.41. The summed E-state index contributed by atoms with van der Waals surface area (Å²) in [5, 5.41) is 8.49. The Bertz CT molecular complexity index is 477. The molecule has 1 N–H and O–H groups in total. The molecular formula is C13H15F2NO3. The standard InChI is InChI=1S/C13H15F2NO3/c1-16(7-6-13(18)19)12(17)5-2-9-8-10(14)3-4-11(9)15/h3-4,8H,2,5-7H2,1H3,(H,18,19). The Morgan fingerprint density at radius 1 is 1.26 bits per heavy atom. The zero-order valence-corrected chi connectivity index (χ0v) is 10.5. The maximum Gasteiger partial charge on any atom is 0.305 e. The summed E-state index contributed by atoms with van der Waals surface area (Å²) >= 11 is 0. The van der Waals surface area contributed by atoms with E-state index in [1.54, 1.807) is 0 Å². The van der Waals surface area contributed by atoms with E-state index in [-0.39, 0.29) is 37.3 Å². The van der Waals surface area contributed by atoms with E-state index < -0.39 is 17.6 Å². The largest absolute Gasteiger partial charge is 0.481 e. The normalized spacial score (nSPS) is 10.3. The minimum Gasteiger partial charge on any atom is -0.481 e. The lowest BCUT2D eigenvalue weighted by Crippen LogP contribution is -2.29. The first kappa shape index (κ1) is 15.1. The van der Waals surface area contributed by atoms with Crippen molar-refractivity contribution in [3.05, 3.63) is 35.4 Å². The number of nitrogens with zero attached hydrogens (tertiary/aromatic N) is 1. The Labute approximate surface area is 109 Å². The van der Waals surface area contributed by atoms with Gasteiger partial charge in [-0.3, -0.25) is 9.59 Å². The number of carboxylic acids is 1. The highest BCUT2D eigenvalue weighted by Crippen LogP contribution is 2.12. The predicted molar refractivity (Wildman–Crippen MR) is 64.6 cm³/mol. The van der Waals surface area contributed by atoms with Crippen LogP contribution in [0.5, 0.6) is 0 Å². The van der Waals surface area contributed by atoms with Gasteiger partial charge in [0.15, 0.2) is 0 Å². The highest BCUT2D eigenvalue weighted by molar-refractivity contribution is 5.77. The minimum absolute atomic E-state index is 0.0104. The van der Waals surface area contributed by atoms with E-state index in [1.807, 2.05) is 0 Å². The monoisotopic (exact) mass is 271 g/mol. The van der Waals surface area contributed by atoms with Crippen LogP contribution in [-0.4, -0.2) is 35.5 Å². The number of aliphatic carboxylic acids is 1. The van der Waals surface area contributed by atoms with E-state index in [9.17, 15) is 18.4 Å². The average molecular weight is 271 g/mol. The Morgan fingerprint density at radius 3 is 2.58 bits per heavy atom. The number of carbonyl (C=O) groups is 2. The summed E-state index contributed by atoms with van der Waals surface area (Å²) in [5.41, 5.74) is 0.139. The van der Waals surface area contributed by atoms with Crippen molar-refractivity contribution >= 4 is 11.9 Å². The first-order chi connectivity index (χ1) is 8.90. The molecule has 104 valence electrons. The van der Waals surface area contributed by atoms with Crippen molar-refractivity contribution in [3.8, 4) is 0 Å². The molecular weight excluding hydrogens is 256 g/mol. The maximum absolute atomic E-state index is 13.3. The number of halogens is 2. The molecule has 0 bridgehead atoms. The SMILES string of the molecule is CN(CCC(=O)O)C(=O)CCc1cc(F)ccc1F. The lowest BCUT2D eigenvalue weighted by molar-refractivity contribution is -0.138. The van der Waals surface area contributed by atoms with E-state index in [0.717, 1.165) is 18.2 Å². The fraction of sp³-hybridized carbons (Fsp3) is 0.385. The summed E-state index contributed by atoms with van der Waals surface area (Å²) < 4.78 is 26.2. The maximum atomic E-state index is 13.3. The van der Waals surface area contributed by atoms with Gasteiger partial charge in [-0.2, -0.15) is 0 Å². The van der Waals surface area contributed by atoms with Gasteiger partial charge in [-0.25, -0.2) is 8.78 Å². The number of carboxylic acid groups (broad SMARTS) is 1. The van der Waals surface area contributed by atoms with E-state index in [4.69, 9.17) is 5.11 Å². The van der Waals surface area contributed by atoms with E-state index in [1.165, 1.54) is 11.9 Å². The van der Waals surface area contributed by atoms with E-state index >= 15 is 0 Å². The van der Waals surface area contributed by atoms with Crippen molar-refractivity contribution in [1.29, 1.82) is 0 Å². The van der Waals surface area contributed by atoms with Crippen LogP contribution in [-0.2, 0) is 16.0 Å². The van der Waals surface area contributed by atoms with Crippen molar-refractivity contribution in [2.45, 2.75) is 19.3 Å². The second-order valence-corrected chi connectivity index (χ2v) is 4.19. The molecule has 6 heteroatoms. The molecule has 0 aliphatic carbocycles. The van der Waals surface area contributed by atoms with Gasteiger partial charge in [-0.1, -0.05) is 0 Å². The Morgan fingerprint density at radius 2 is 1.95 bits per heavy atom. The first-order valence-electron chi connectivity index (χ1n) is 5.80. The summed E-state index contributed by atoms with van der Waals surface area (Å²) in [5.74, 6) is -2.40. The lowest BCUT2D eigenvalue weighted by Gasteiger charge is -2.16. The summed E-state index contributed by atoms with van der Waals surface area (Å²) in [6.45, 7) is 0.0970. The van der Waals surface area contributed by atoms with Gasteiger partial charge in [0.25, 0.3) is 0 Å². The van der Waals surface area contributed by atoms with E-state index in [2.05, 4.69) is 0 Å². The zero-order valence-electron chi connectivity index (χ0n) is 10.5. The van der Waals surface area contributed by atoms with Crippen LogP contribution < -0.4 is 0 Å². The van der Waals surface area contributed by atoms with Crippen LogP contribution >= 0.6 is 0 Å². The number of hydrogen-bond acceptors (Lipinski definition) is 2. The molecule has 0 aromatic heterocycles. The molecule has 0 heterocycles. The number of rotatable bonds is 6. The molecule has 0 atom stereocenters. The predicted octanol–water partition coefficient (Wildman–Crippen LogP) is 1.83. The Balaban J connectivity index is 2.49. The second-order valence-electron chi connectivity index (χ2n) is 4.19. The van der Waals surface area contributed by atoms with Crippen LogP contribution in [0, 0.1) is 11.6 Å². The van der Waals surface area contributed by atoms with Gasteiger partial charge in [-0.05, 0) is 30.2 Å². The van der Waals surface area contributed by atoms with Crippen LogP contribution in [0.4, 0.5) is 8.78 Å². The molecule has 0 spiro atoms. The van der Waals surface area contributed by atoms with Crippen LogP contribution in [0.25, 0.3) is 0 Å². The van der Waals surface area contributed by atoms with Crippen LogP contribution in [0.15, 0.2) is 18.2 Å². The minimum atomic E-state index is -0.990. The zero-order chi connectivity index (χ0) is 14.4. The number of hydrogen-bond donors (Lipinski definition) is 1. The third kappa shape index (κ3) is 5.03. The molecule has 1 aromatic carbocycles. The highest BCUT2D eigenvalue weighted by Gasteiger charge is 2.12. The number of amides is 1. The number of benzene rings is 1. The van der Waals surface area contributed by atoms with Gasteiger partial charge in [0, 0.05) is 20.0 Å². The Hall–Kier alpha value is -1.98. The third-order valence-corrected chi connectivity index (χ3v) is 2.70. The fourth-order valence-electron chi connectivity index (χ4n) is 1.56. The van der Waals surface area contributed by atoms with Crippen molar-refractivity contribution in [2.75, 3.05) is 13.6 Å². The highest BCUT2D eigenvalue weighted by atomic mass is 19.1. The smallest absolute Gasteiger partial charge is 0.305 e. The molecule has 1 aromatic rings. The van der Waals surface area contributed by atoms with Gasteiger partial charge < -0.3 is 10.0 Å². The molecule has 0 fully saturated rings. The molecule has 19 heavy (non-hydrogen) atoms. The second kappa shape index (κ2) is 6.82. The fourth-order valence-corrected chi connectivity index (χ4v) is 1.56. The van der Waals surface area contributed by atoms with Crippen LogP contribution in [0.1, 0.15) is 18.4 Å². The first-order valence-corrected chi connectivity index (χ1v) is 5.80. The molecule has 0 saturated heterocycles. The van der Waals surface area contributed by atoms with Crippen molar-refractivity contribution in [2.24, 2.45) is 0 Å². The third-order valence-electron chi connectivity index (χ3n) is 2.70. The van der Waals surface area contributed by atoms with Gasteiger partial charge in [0.2, 0.25) is 5.91 Å². The van der Waals surface area contributed by atoms with Crippen molar-refractivity contribution in [3.63, 3.8) is 0 Å². The average Bonchev–Trinajstić information content (AvgIpc) is 2.36. The lowest BCUT2D eigenvalue weighted by atomic mass is 10.1. The van der Waals surface area contributed by atoms with Gasteiger partial charge >= 0.3 is 5.97 Å². The van der Waals surface area contributed by atoms with Gasteiger partial charge in [0.1, 0.15) is 11.6 Å². The van der Waals surface area contributed by atoms with E-state index in [0.29, 0.717) is 0 Å². The molecule has 0 aliphatic heterocycles. The molecule has 0 radical (unpaired) electrons. The topological polar surface area (TPSA) is 57.6 Å². The molecule has 1 amide bonds. The van der Waals surface area contributed by atoms with Gasteiger partial charge in [0.05, 0.1) is 6.42 Å². The molecule has 0 aliphatic rings. The van der Waals surface area contributed by atoms with Crippen molar-refractivity contribution in [1.82, 2.24) is 4.90 Å². The summed E-state index contributed by atoms with van der Waals surface area (Å²) in [6.07, 6.45) is -0.0487. The summed E-state index contributed by atoms with van der Waals surface area (Å²) in [4.78, 5) is 23.3. The summed E-state index contributed by atoms with van der Waals surface area (Å²) in [7, 11) is 1.48. The molecule has 0 unspecified atom stereocenters. The van der Waals surface area contributed by atoms with Crippen molar-refractivity contribution < 1.29 is 23.5 Å². The molecule has 1 rings (SSSR count). The van der Waals surface area contributed by atoms with Gasteiger partial charge in [-0.15, -0.1) is 0 Å². The summed E-state index contributed by atoms with van der Waals surface area (Å²) in [6, 6.07) is 3.09. The molecule has 4 nitrogen and oxygen atoms in total. The van der Waals surface area contributed by atoms with Crippen LogP contribution in [0.3, 0.4) is 0 Å². The van der Waals surface area contributed by atoms with Crippen LogP contribution in [0.2, 0.25) is 0 Å². The molecule has 0 saturated carbocycles.